The maximum Gasteiger partial charge on any atom is 0.250 e. The molecule has 0 bridgehead atoms. The van der Waals surface area contributed by atoms with Crippen LogP contribution < -0.4 is 10.6 Å². The zero-order chi connectivity index (χ0) is 16.7. The van der Waals surface area contributed by atoms with Gasteiger partial charge < -0.3 is 15.4 Å². The third kappa shape index (κ3) is 5.48. The molecule has 6 nitrogen and oxygen atoms in total. The Kier molecular flexibility index (Phi) is 5.76. The molecule has 0 aliphatic rings. The lowest BCUT2D eigenvalue weighted by Crippen LogP contribution is -2.24. The molecule has 0 fully saturated rings. The molecule has 0 saturated carbocycles. The Labute approximate surface area is 132 Å². The lowest BCUT2D eigenvalue weighted by molar-refractivity contribution is -0.125. The van der Waals surface area contributed by atoms with Crippen LogP contribution >= 0.6 is 0 Å². The number of hydrogen-bond acceptors (Lipinski definition) is 4. The minimum Gasteiger partial charge on any atom is -0.362 e. The molecule has 120 valence electrons. The van der Waals surface area contributed by atoms with Crippen molar-refractivity contribution < 1.29 is 18.7 Å². The zero-order valence-electron chi connectivity index (χ0n) is 12.5. The van der Waals surface area contributed by atoms with Crippen molar-refractivity contribution in [2.45, 2.75) is 6.92 Å². The number of halogens is 1. The van der Waals surface area contributed by atoms with Gasteiger partial charge in [0.25, 0.3) is 0 Å². The van der Waals surface area contributed by atoms with Crippen molar-refractivity contribution in [3.63, 3.8) is 0 Å². The van der Waals surface area contributed by atoms with E-state index in [1.807, 2.05) is 0 Å². The van der Waals surface area contributed by atoms with Gasteiger partial charge in [-0.1, -0.05) is 6.07 Å². The average Bonchev–Trinajstić information content (AvgIpc) is 2.51. The zero-order valence-corrected chi connectivity index (χ0v) is 12.5. The van der Waals surface area contributed by atoms with Crippen LogP contribution in [0.3, 0.4) is 0 Å². The van der Waals surface area contributed by atoms with Crippen molar-refractivity contribution in [3.05, 3.63) is 54.1 Å². The van der Waals surface area contributed by atoms with E-state index < -0.39 is 17.6 Å². The third-order valence-electron chi connectivity index (χ3n) is 2.81. The quantitative estimate of drug-likeness (QED) is 0.855. The van der Waals surface area contributed by atoms with Crippen LogP contribution in [-0.2, 0) is 14.3 Å². The van der Waals surface area contributed by atoms with Gasteiger partial charge in [-0.2, -0.15) is 0 Å². The molecule has 0 saturated heterocycles. The predicted molar refractivity (Wildman–Crippen MR) is 83.5 cm³/mol. The Morgan fingerprint density at radius 1 is 1.17 bits per heavy atom. The van der Waals surface area contributed by atoms with Crippen molar-refractivity contribution in [1.29, 1.82) is 0 Å². The van der Waals surface area contributed by atoms with Gasteiger partial charge in [0, 0.05) is 6.20 Å². The van der Waals surface area contributed by atoms with Crippen LogP contribution in [-0.4, -0.2) is 30.0 Å². The first-order chi connectivity index (χ1) is 11.0. The Morgan fingerprint density at radius 3 is 2.57 bits per heavy atom. The summed E-state index contributed by atoms with van der Waals surface area (Å²) in [5, 5.41) is 4.94. The average molecular weight is 317 g/mol. The maximum atomic E-state index is 13.6. The summed E-state index contributed by atoms with van der Waals surface area (Å²) in [6.45, 7) is 1.10. The lowest BCUT2D eigenvalue weighted by atomic mass is 10.2. The number of hydrogen-bond donors (Lipinski definition) is 2. The molecule has 2 N–H and O–H groups in total. The molecule has 0 atom stereocenters. The highest BCUT2D eigenvalue weighted by Crippen LogP contribution is 2.14. The van der Waals surface area contributed by atoms with Gasteiger partial charge in [0.15, 0.2) is 0 Å². The molecule has 1 heterocycles. The van der Waals surface area contributed by atoms with Gasteiger partial charge in [0.2, 0.25) is 11.8 Å². The maximum absolute atomic E-state index is 13.6. The van der Waals surface area contributed by atoms with Crippen LogP contribution in [0.4, 0.5) is 15.8 Å². The highest BCUT2D eigenvalue weighted by atomic mass is 19.1. The standard InChI is InChI=1S/C16H16FN3O3/c1-11-4-5-14(13(17)7-11)20-16(22)10-23-9-15(21)19-12-3-2-6-18-8-12/h2-8H,9-10H2,1H3,(H,19,21)(H,20,22). The number of ether oxygens (including phenoxy) is 1. The number of aryl methyl sites for hydroxylation is 1. The van der Waals surface area contributed by atoms with Gasteiger partial charge in [0.1, 0.15) is 19.0 Å². The summed E-state index contributed by atoms with van der Waals surface area (Å²) in [7, 11) is 0. The molecule has 2 aromatic rings. The molecule has 1 aromatic carbocycles. The van der Waals surface area contributed by atoms with Crippen molar-refractivity contribution in [3.8, 4) is 0 Å². The fourth-order valence-electron chi connectivity index (χ4n) is 1.78. The van der Waals surface area contributed by atoms with E-state index in [1.165, 1.54) is 18.3 Å². The van der Waals surface area contributed by atoms with E-state index in [0.29, 0.717) is 5.69 Å². The Hall–Kier alpha value is -2.80. The smallest absolute Gasteiger partial charge is 0.250 e. The predicted octanol–water partition coefficient (Wildman–Crippen LogP) is 2.12. The normalized spacial score (nSPS) is 10.2. The number of nitrogens with one attached hydrogen (secondary N) is 2. The van der Waals surface area contributed by atoms with Gasteiger partial charge in [-0.05, 0) is 36.8 Å². The number of pyridine rings is 1. The van der Waals surface area contributed by atoms with Gasteiger partial charge in [-0.3, -0.25) is 14.6 Å². The largest absolute Gasteiger partial charge is 0.362 e. The second kappa shape index (κ2) is 8.00. The van der Waals surface area contributed by atoms with E-state index in [9.17, 15) is 14.0 Å². The molecule has 23 heavy (non-hydrogen) atoms. The van der Waals surface area contributed by atoms with Crippen LogP contribution in [0.25, 0.3) is 0 Å². The monoisotopic (exact) mass is 317 g/mol. The number of rotatable bonds is 6. The summed E-state index contributed by atoms with van der Waals surface area (Å²) < 4.78 is 18.6. The molecule has 7 heteroatoms. The van der Waals surface area contributed by atoms with E-state index >= 15 is 0 Å². The van der Waals surface area contributed by atoms with Crippen molar-refractivity contribution in [2.24, 2.45) is 0 Å². The number of nitrogens with zero attached hydrogens (tertiary/aromatic N) is 1. The summed E-state index contributed by atoms with van der Waals surface area (Å²) in [5.74, 6) is -1.47. The molecular weight excluding hydrogens is 301 g/mol. The molecular formula is C16H16FN3O3. The van der Waals surface area contributed by atoms with Gasteiger partial charge in [0.05, 0.1) is 17.6 Å². The summed E-state index contributed by atoms with van der Waals surface area (Å²) in [6.07, 6.45) is 3.07. The highest BCUT2D eigenvalue weighted by Gasteiger charge is 2.09. The molecule has 0 unspecified atom stereocenters. The number of anilines is 2. The minimum atomic E-state index is -0.540. The number of benzene rings is 1. The summed E-state index contributed by atoms with van der Waals surface area (Å²) in [5.41, 5.74) is 1.36. The van der Waals surface area contributed by atoms with Crippen molar-refractivity contribution >= 4 is 23.2 Å². The Morgan fingerprint density at radius 2 is 1.91 bits per heavy atom. The lowest BCUT2D eigenvalue weighted by Gasteiger charge is -2.08. The van der Waals surface area contributed by atoms with E-state index in [1.54, 1.807) is 31.3 Å². The fourth-order valence-corrected chi connectivity index (χ4v) is 1.78. The SMILES string of the molecule is Cc1ccc(NC(=O)COCC(=O)Nc2cccnc2)c(F)c1. The number of aromatic nitrogens is 1. The second-order valence-electron chi connectivity index (χ2n) is 4.81. The molecule has 0 aliphatic carbocycles. The van der Waals surface area contributed by atoms with Crippen LogP contribution in [0, 0.1) is 12.7 Å². The Bertz CT molecular complexity index is 692. The van der Waals surface area contributed by atoms with Crippen LogP contribution in [0.5, 0.6) is 0 Å². The van der Waals surface area contributed by atoms with Crippen LogP contribution in [0.1, 0.15) is 5.56 Å². The summed E-state index contributed by atoms with van der Waals surface area (Å²) in [6, 6.07) is 7.83. The van der Waals surface area contributed by atoms with Gasteiger partial charge >= 0.3 is 0 Å². The molecule has 1 aromatic heterocycles. The molecule has 2 amide bonds. The van der Waals surface area contributed by atoms with E-state index in [2.05, 4.69) is 15.6 Å². The van der Waals surface area contributed by atoms with Crippen molar-refractivity contribution in [1.82, 2.24) is 4.98 Å². The fraction of sp³-hybridized carbons (Fsp3) is 0.188. The van der Waals surface area contributed by atoms with Crippen LogP contribution in [0.15, 0.2) is 42.7 Å². The summed E-state index contributed by atoms with van der Waals surface area (Å²) in [4.78, 5) is 27.1. The number of carbonyl (C=O) groups excluding carboxylic acids is 2. The number of carbonyl (C=O) groups is 2. The highest BCUT2D eigenvalue weighted by molar-refractivity contribution is 5.93. The van der Waals surface area contributed by atoms with E-state index in [4.69, 9.17) is 4.74 Å². The van der Waals surface area contributed by atoms with Gasteiger partial charge in [-0.25, -0.2) is 4.39 Å². The van der Waals surface area contributed by atoms with E-state index in [-0.39, 0.29) is 18.9 Å². The third-order valence-corrected chi connectivity index (χ3v) is 2.81. The first-order valence-corrected chi connectivity index (χ1v) is 6.88. The minimum absolute atomic E-state index is 0.0732. The molecule has 0 radical (unpaired) electrons. The van der Waals surface area contributed by atoms with Gasteiger partial charge in [-0.15, -0.1) is 0 Å². The number of amides is 2. The molecule has 2 rings (SSSR count). The summed E-state index contributed by atoms with van der Waals surface area (Å²) >= 11 is 0. The Balaban J connectivity index is 1.73. The first kappa shape index (κ1) is 16.6. The van der Waals surface area contributed by atoms with Crippen LogP contribution in [0.2, 0.25) is 0 Å². The molecule has 0 spiro atoms. The topological polar surface area (TPSA) is 80.3 Å². The first-order valence-electron chi connectivity index (χ1n) is 6.88. The van der Waals surface area contributed by atoms with E-state index in [0.717, 1.165) is 5.56 Å². The van der Waals surface area contributed by atoms with Crippen molar-refractivity contribution in [2.75, 3.05) is 23.8 Å². The molecule has 0 aliphatic heterocycles. The second-order valence-corrected chi connectivity index (χ2v) is 4.81.